The molecule has 0 bridgehead atoms. The minimum atomic E-state index is 0.408. The Morgan fingerprint density at radius 1 is 1.11 bits per heavy atom. The second-order valence-corrected chi connectivity index (χ2v) is 6.24. The molecule has 0 spiro atoms. The summed E-state index contributed by atoms with van der Waals surface area (Å²) in [5.74, 6) is 0. The standard InChI is InChI=1S/C16H24N2/c1-2-16(8-3-9-16)18-12-15(10-11-15)13-4-6-14(17)7-5-13/h4-7,18H,2-3,8-12,17H2,1H3. The van der Waals surface area contributed by atoms with Gasteiger partial charge in [0, 0.05) is 23.2 Å². The maximum absolute atomic E-state index is 5.77. The summed E-state index contributed by atoms with van der Waals surface area (Å²) in [4.78, 5) is 0. The number of nitrogens with two attached hydrogens (primary N) is 1. The van der Waals surface area contributed by atoms with E-state index in [1.807, 2.05) is 12.1 Å². The van der Waals surface area contributed by atoms with Crippen molar-refractivity contribution in [2.45, 2.75) is 56.4 Å². The molecule has 2 heteroatoms. The molecule has 0 aliphatic heterocycles. The van der Waals surface area contributed by atoms with Crippen LogP contribution in [0.15, 0.2) is 24.3 Å². The molecular formula is C16H24N2. The highest BCUT2D eigenvalue weighted by Crippen LogP contribution is 2.48. The number of nitrogen functional groups attached to an aromatic ring is 1. The molecular weight excluding hydrogens is 220 g/mol. The highest BCUT2D eigenvalue weighted by atomic mass is 15.0. The third-order valence-electron chi connectivity index (χ3n) is 5.17. The van der Waals surface area contributed by atoms with E-state index < -0.39 is 0 Å². The van der Waals surface area contributed by atoms with Crippen molar-refractivity contribution in [3.8, 4) is 0 Å². The molecule has 0 unspecified atom stereocenters. The van der Waals surface area contributed by atoms with Crippen LogP contribution in [0.1, 0.15) is 51.0 Å². The summed E-state index contributed by atoms with van der Waals surface area (Å²) in [7, 11) is 0. The summed E-state index contributed by atoms with van der Waals surface area (Å²) in [5, 5.41) is 3.87. The van der Waals surface area contributed by atoms with Gasteiger partial charge < -0.3 is 11.1 Å². The van der Waals surface area contributed by atoms with Gasteiger partial charge in [0.05, 0.1) is 0 Å². The lowest BCUT2D eigenvalue weighted by molar-refractivity contribution is 0.172. The topological polar surface area (TPSA) is 38.0 Å². The molecule has 2 saturated carbocycles. The van der Waals surface area contributed by atoms with Crippen LogP contribution in [0, 0.1) is 0 Å². The van der Waals surface area contributed by atoms with Gasteiger partial charge in [-0.3, -0.25) is 0 Å². The van der Waals surface area contributed by atoms with Crippen LogP contribution in [0.3, 0.4) is 0 Å². The smallest absolute Gasteiger partial charge is 0.0314 e. The minimum Gasteiger partial charge on any atom is -0.399 e. The molecule has 2 fully saturated rings. The Labute approximate surface area is 110 Å². The minimum absolute atomic E-state index is 0.408. The van der Waals surface area contributed by atoms with Crippen molar-refractivity contribution in [2.24, 2.45) is 0 Å². The van der Waals surface area contributed by atoms with Gasteiger partial charge in [-0.15, -0.1) is 0 Å². The molecule has 0 radical (unpaired) electrons. The van der Waals surface area contributed by atoms with Gasteiger partial charge in [-0.25, -0.2) is 0 Å². The Morgan fingerprint density at radius 3 is 2.22 bits per heavy atom. The maximum atomic E-state index is 5.77. The van der Waals surface area contributed by atoms with E-state index in [9.17, 15) is 0 Å². The van der Waals surface area contributed by atoms with Crippen molar-refractivity contribution in [3.05, 3.63) is 29.8 Å². The lowest BCUT2D eigenvalue weighted by atomic mass is 9.74. The average Bonchev–Trinajstić information content (AvgIpc) is 3.10. The van der Waals surface area contributed by atoms with Gasteiger partial charge in [0.2, 0.25) is 0 Å². The Kier molecular flexibility index (Phi) is 2.86. The number of rotatable bonds is 5. The molecule has 2 aliphatic rings. The Hall–Kier alpha value is -1.02. The van der Waals surface area contributed by atoms with Crippen LogP contribution in [-0.4, -0.2) is 12.1 Å². The molecule has 98 valence electrons. The van der Waals surface area contributed by atoms with E-state index in [0.717, 1.165) is 12.2 Å². The zero-order valence-corrected chi connectivity index (χ0v) is 11.3. The molecule has 3 rings (SSSR count). The summed E-state index contributed by atoms with van der Waals surface area (Å²) < 4.78 is 0. The second kappa shape index (κ2) is 4.27. The van der Waals surface area contributed by atoms with Crippen LogP contribution in [0.4, 0.5) is 5.69 Å². The molecule has 3 N–H and O–H groups in total. The number of anilines is 1. The number of benzene rings is 1. The Morgan fingerprint density at radius 2 is 1.78 bits per heavy atom. The molecule has 0 aromatic heterocycles. The van der Waals surface area contributed by atoms with Crippen LogP contribution < -0.4 is 11.1 Å². The Balaban J connectivity index is 1.66. The first kappa shape index (κ1) is 12.0. The van der Waals surface area contributed by atoms with Gasteiger partial charge in [0.15, 0.2) is 0 Å². The van der Waals surface area contributed by atoms with Gasteiger partial charge in [0.1, 0.15) is 0 Å². The molecule has 0 saturated heterocycles. The predicted molar refractivity (Wildman–Crippen MR) is 76.6 cm³/mol. The molecule has 1 aromatic rings. The third-order valence-corrected chi connectivity index (χ3v) is 5.17. The van der Waals surface area contributed by atoms with Crippen molar-refractivity contribution >= 4 is 5.69 Å². The van der Waals surface area contributed by atoms with Crippen molar-refractivity contribution in [1.82, 2.24) is 5.32 Å². The fourth-order valence-electron chi connectivity index (χ4n) is 3.17. The molecule has 18 heavy (non-hydrogen) atoms. The number of hydrogen-bond donors (Lipinski definition) is 2. The van der Waals surface area contributed by atoms with Gasteiger partial charge in [0.25, 0.3) is 0 Å². The predicted octanol–water partition coefficient (Wildman–Crippen LogP) is 3.22. The van der Waals surface area contributed by atoms with Crippen molar-refractivity contribution < 1.29 is 0 Å². The largest absolute Gasteiger partial charge is 0.399 e. The summed E-state index contributed by atoms with van der Waals surface area (Å²) in [5.41, 5.74) is 8.97. The van der Waals surface area contributed by atoms with E-state index in [0.29, 0.717) is 11.0 Å². The van der Waals surface area contributed by atoms with Crippen LogP contribution in [0.5, 0.6) is 0 Å². The number of nitrogens with one attached hydrogen (secondary N) is 1. The fourth-order valence-corrected chi connectivity index (χ4v) is 3.17. The molecule has 2 nitrogen and oxygen atoms in total. The molecule has 1 aromatic carbocycles. The fraction of sp³-hybridized carbons (Fsp3) is 0.625. The average molecular weight is 244 g/mol. The Bertz CT molecular complexity index is 408. The van der Waals surface area contributed by atoms with Gasteiger partial charge in [-0.05, 0) is 56.2 Å². The van der Waals surface area contributed by atoms with E-state index >= 15 is 0 Å². The molecule has 0 atom stereocenters. The second-order valence-electron chi connectivity index (χ2n) is 6.24. The van der Waals surface area contributed by atoms with Crippen LogP contribution in [0.25, 0.3) is 0 Å². The summed E-state index contributed by atoms with van der Waals surface area (Å²) in [6, 6.07) is 8.50. The van der Waals surface area contributed by atoms with E-state index in [4.69, 9.17) is 5.73 Å². The van der Waals surface area contributed by atoms with Gasteiger partial charge >= 0.3 is 0 Å². The highest BCUT2D eigenvalue weighted by molar-refractivity contribution is 5.43. The first-order chi connectivity index (χ1) is 8.68. The van der Waals surface area contributed by atoms with Crippen LogP contribution in [0.2, 0.25) is 0 Å². The molecule has 0 amide bonds. The zero-order chi connectivity index (χ0) is 12.6. The summed E-state index contributed by atoms with van der Waals surface area (Å²) in [6.07, 6.45) is 8.04. The summed E-state index contributed by atoms with van der Waals surface area (Å²) >= 11 is 0. The third kappa shape index (κ3) is 2.03. The quantitative estimate of drug-likeness (QED) is 0.780. The number of hydrogen-bond acceptors (Lipinski definition) is 2. The van der Waals surface area contributed by atoms with Gasteiger partial charge in [-0.2, -0.15) is 0 Å². The van der Waals surface area contributed by atoms with E-state index in [-0.39, 0.29) is 0 Å². The van der Waals surface area contributed by atoms with E-state index in [2.05, 4.69) is 24.4 Å². The lowest BCUT2D eigenvalue weighted by Crippen LogP contribution is -2.52. The zero-order valence-electron chi connectivity index (χ0n) is 11.3. The van der Waals surface area contributed by atoms with Crippen molar-refractivity contribution in [2.75, 3.05) is 12.3 Å². The highest BCUT2D eigenvalue weighted by Gasteiger charge is 2.46. The summed E-state index contributed by atoms with van der Waals surface area (Å²) in [6.45, 7) is 3.46. The van der Waals surface area contributed by atoms with Crippen molar-refractivity contribution in [1.29, 1.82) is 0 Å². The molecule has 2 aliphatic carbocycles. The lowest BCUT2D eigenvalue weighted by Gasteiger charge is -2.43. The molecule has 0 heterocycles. The normalized spacial score (nSPS) is 23.4. The first-order valence-corrected chi connectivity index (χ1v) is 7.29. The SMILES string of the molecule is CCC1(NCC2(c3ccc(N)cc3)CC2)CCC1. The van der Waals surface area contributed by atoms with Crippen molar-refractivity contribution in [3.63, 3.8) is 0 Å². The van der Waals surface area contributed by atoms with Crippen LogP contribution >= 0.6 is 0 Å². The van der Waals surface area contributed by atoms with E-state index in [1.54, 1.807) is 0 Å². The van der Waals surface area contributed by atoms with Crippen LogP contribution in [-0.2, 0) is 5.41 Å². The monoisotopic (exact) mass is 244 g/mol. The van der Waals surface area contributed by atoms with E-state index in [1.165, 1.54) is 44.1 Å². The van der Waals surface area contributed by atoms with Gasteiger partial charge in [-0.1, -0.05) is 19.1 Å². The maximum Gasteiger partial charge on any atom is 0.0314 e. The first-order valence-electron chi connectivity index (χ1n) is 7.29.